The third-order valence-electron chi connectivity index (χ3n) is 5.51. The number of carbonyl (C=O) groups is 1. The van der Waals surface area contributed by atoms with Crippen molar-refractivity contribution >= 4 is 5.91 Å². The standard InChI is InChI=1S/C20H26N4O2/c1-22(2)18(25)15-23-11-9-20(10-12-23)19-16(8-13-26-20)14-24(21-19)17-6-4-3-5-7-17/h3-7,14H,8-13,15H2,1-2H3. The van der Waals surface area contributed by atoms with Crippen LogP contribution in [0.15, 0.2) is 36.5 Å². The van der Waals surface area contributed by atoms with E-state index >= 15 is 0 Å². The van der Waals surface area contributed by atoms with E-state index in [9.17, 15) is 4.79 Å². The number of likely N-dealkylation sites (tertiary alicyclic amines) is 1. The molecule has 1 fully saturated rings. The molecule has 0 unspecified atom stereocenters. The number of para-hydroxylation sites is 1. The maximum atomic E-state index is 12.0. The Morgan fingerprint density at radius 3 is 2.65 bits per heavy atom. The largest absolute Gasteiger partial charge is 0.368 e. The Labute approximate surface area is 154 Å². The highest BCUT2D eigenvalue weighted by atomic mass is 16.5. The molecule has 0 aliphatic carbocycles. The Morgan fingerprint density at radius 1 is 1.23 bits per heavy atom. The van der Waals surface area contributed by atoms with E-state index in [1.165, 1.54) is 5.56 Å². The molecule has 26 heavy (non-hydrogen) atoms. The van der Waals surface area contributed by atoms with E-state index in [0.717, 1.165) is 50.3 Å². The van der Waals surface area contributed by atoms with Gasteiger partial charge in [-0.2, -0.15) is 5.10 Å². The molecule has 2 aliphatic rings. The highest BCUT2D eigenvalue weighted by Crippen LogP contribution is 2.40. The number of ether oxygens (including phenoxy) is 1. The fourth-order valence-electron chi connectivity index (χ4n) is 3.90. The van der Waals surface area contributed by atoms with Gasteiger partial charge in [-0.15, -0.1) is 0 Å². The molecule has 0 saturated carbocycles. The smallest absolute Gasteiger partial charge is 0.236 e. The lowest BCUT2D eigenvalue weighted by atomic mass is 9.84. The van der Waals surface area contributed by atoms with Gasteiger partial charge in [0.05, 0.1) is 24.5 Å². The van der Waals surface area contributed by atoms with Gasteiger partial charge in [0.2, 0.25) is 5.91 Å². The van der Waals surface area contributed by atoms with Crippen molar-refractivity contribution in [2.75, 3.05) is 40.3 Å². The predicted molar refractivity (Wildman–Crippen MR) is 99.3 cm³/mol. The molecule has 0 radical (unpaired) electrons. The van der Waals surface area contributed by atoms with Gasteiger partial charge in [0.15, 0.2) is 0 Å². The molecule has 1 aromatic carbocycles. The van der Waals surface area contributed by atoms with Gasteiger partial charge in [-0.05, 0) is 37.0 Å². The summed E-state index contributed by atoms with van der Waals surface area (Å²) >= 11 is 0. The second-order valence-electron chi connectivity index (χ2n) is 7.44. The highest BCUT2D eigenvalue weighted by Gasteiger charge is 2.43. The van der Waals surface area contributed by atoms with Crippen molar-refractivity contribution < 1.29 is 9.53 Å². The van der Waals surface area contributed by atoms with Gasteiger partial charge < -0.3 is 9.64 Å². The summed E-state index contributed by atoms with van der Waals surface area (Å²) in [5.74, 6) is 0.152. The summed E-state index contributed by atoms with van der Waals surface area (Å²) in [6.07, 6.45) is 4.82. The Balaban J connectivity index is 1.53. The van der Waals surface area contributed by atoms with E-state index in [-0.39, 0.29) is 11.5 Å². The molecule has 1 spiro atoms. The molecular weight excluding hydrogens is 328 g/mol. The lowest BCUT2D eigenvalue weighted by molar-refractivity contribution is -0.133. The monoisotopic (exact) mass is 354 g/mol. The van der Waals surface area contributed by atoms with E-state index in [4.69, 9.17) is 9.84 Å². The van der Waals surface area contributed by atoms with Gasteiger partial charge in [0.25, 0.3) is 0 Å². The van der Waals surface area contributed by atoms with Crippen LogP contribution in [0.2, 0.25) is 0 Å². The molecule has 6 nitrogen and oxygen atoms in total. The molecule has 2 aliphatic heterocycles. The Bertz CT molecular complexity index is 776. The van der Waals surface area contributed by atoms with Gasteiger partial charge in [-0.25, -0.2) is 4.68 Å². The fraction of sp³-hybridized carbons (Fsp3) is 0.500. The summed E-state index contributed by atoms with van der Waals surface area (Å²) in [6.45, 7) is 2.94. The first-order valence-corrected chi connectivity index (χ1v) is 9.28. The molecule has 1 saturated heterocycles. The second kappa shape index (κ2) is 6.85. The lowest BCUT2D eigenvalue weighted by Crippen LogP contribution is -2.49. The zero-order valence-electron chi connectivity index (χ0n) is 15.5. The molecule has 3 heterocycles. The number of hydrogen-bond donors (Lipinski definition) is 0. The van der Waals surface area contributed by atoms with Crippen LogP contribution in [0.5, 0.6) is 0 Å². The van der Waals surface area contributed by atoms with Crippen molar-refractivity contribution in [2.45, 2.75) is 24.9 Å². The van der Waals surface area contributed by atoms with Crippen LogP contribution in [0.25, 0.3) is 5.69 Å². The lowest BCUT2D eigenvalue weighted by Gasteiger charge is -2.42. The van der Waals surface area contributed by atoms with E-state index in [1.807, 2.05) is 22.9 Å². The van der Waals surface area contributed by atoms with Crippen LogP contribution < -0.4 is 0 Å². The molecule has 1 aromatic heterocycles. The van der Waals surface area contributed by atoms with Crippen molar-refractivity contribution in [3.8, 4) is 5.69 Å². The molecule has 6 heteroatoms. The molecule has 2 aromatic rings. The van der Waals surface area contributed by atoms with E-state index in [2.05, 4.69) is 23.2 Å². The average molecular weight is 354 g/mol. The first-order chi connectivity index (χ1) is 12.6. The Kier molecular flexibility index (Phi) is 4.54. The van der Waals surface area contributed by atoms with E-state index in [0.29, 0.717) is 6.54 Å². The van der Waals surface area contributed by atoms with Crippen molar-refractivity contribution in [1.29, 1.82) is 0 Å². The minimum Gasteiger partial charge on any atom is -0.368 e. The van der Waals surface area contributed by atoms with Crippen LogP contribution in [0.1, 0.15) is 24.1 Å². The normalized spacial score (nSPS) is 19.3. The summed E-state index contributed by atoms with van der Waals surface area (Å²) in [5, 5.41) is 4.91. The number of rotatable bonds is 3. The Morgan fingerprint density at radius 2 is 1.96 bits per heavy atom. The summed E-state index contributed by atoms with van der Waals surface area (Å²) in [5.41, 5.74) is 3.15. The van der Waals surface area contributed by atoms with Crippen molar-refractivity contribution in [2.24, 2.45) is 0 Å². The number of carbonyl (C=O) groups excluding carboxylic acids is 1. The van der Waals surface area contributed by atoms with Gasteiger partial charge >= 0.3 is 0 Å². The van der Waals surface area contributed by atoms with E-state index in [1.54, 1.807) is 19.0 Å². The third kappa shape index (κ3) is 3.15. The second-order valence-corrected chi connectivity index (χ2v) is 7.44. The van der Waals surface area contributed by atoms with Gasteiger partial charge in [0.1, 0.15) is 5.60 Å². The van der Waals surface area contributed by atoms with Crippen molar-refractivity contribution in [3.63, 3.8) is 0 Å². The molecule has 138 valence electrons. The summed E-state index contributed by atoms with van der Waals surface area (Å²) < 4.78 is 8.26. The number of amides is 1. The van der Waals surface area contributed by atoms with Crippen molar-refractivity contribution in [1.82, 2.24) is 19.6 Å². The maximum Gasteiger partial charge on any atom is 0.236 e. The Hall–Kier alpha value is -2.18. The quantitative estimate of drug-likeness (QED) is 0.844. The number of benzene rings is 1. The zero-order chi connectivity index (χ0) is 18.1. The van der Waals surface area contributed by atoms with Crippen molar-refractivity contribution in [3.05, 3.63) is 47.8 Å². The zero-order valence-corrected chi connectivity index (χ0v) is 15.5. The fourth-order valence-corrected chi connectivity index (χ4v) is 3.90. The maximum absolute atomic E-state index is 12.0. The van der Waals surface area contributed by atoms with Crippen LogP contribution in [-0.2, 0) is 21.6 Å². The van der Waals surface area contributed by atoms with Crippen LogP contribution in [0, 0.1) is 0 Å². The molecule has 0 N–H and O–H groups in total. The first-order valence-electron chi connectivity index (χ1n) is 9.28. The molecule has 4 rings (SSSR count). The van der Waals surface area contributed by atoms with Crippen LogP contribution >= 0.6 is 0 Å². The molecule has 1 amide bonds. The van der Waals surface area contributed by atoms with Crippen LogP contribution in [-0.4, -0.2) is 65.8 Å². The molecular formula is C20H26N4O2. The highest BCUT2D eigenvalue weighted by molar-refractivity contribution is 5.77. The number of nitrogens with zero attached hydrogens (tertiary/aromatic N) is 4. The average Bonchev–Trinajstić information content (AvgIpc) is 3.10. The minimum absolute atomic E-state index is 0.152. The number of hydrogen-bond acceptors (Lipinski definition) is 4. The van der Waals surface area contributed by atoms with Gasteiger partial charge in [-0.3, -0.25) is 9.69 Å². The van der Waals surface area contributed by atoms with E-state index < -0.39 is 0 Å². The van der Waals surface area contributed by atoms with Crippen LogP contribution in [0.4, 0.5) is 0 Å². The number of piperidine rings is 1. The number of likely N-dealkylation sites (N-methyl/N-ethyl adjacent to an activating group) is 1. The summed E-state index contributed by atoms with van der Waals surface area (Å²) in [6, 6.07) is 10.2. The molecule has 0 bridgehead atoms. The number of fused-ring (bicyclic) bond motifs is 2. The summed E-state index contributed by atoms with van der Waals surface area (Å²) in [4.78, 5) is 15.9. The minimum atomic E-state index is -0.300. The SMILES string of the molecule is CN(C)C(=O)CN1CCC2(CC1)OCCc1cn(-c3ccccc3)nc12. The first kappa shape index (κ1) is 17.2. The van der Waals surface area contributed by atoms with Gasteiger partial charge in [-0.1, -0.05) is 18.2 Å². The predicted octanol–water partition coefficient (Wildman–Crippen LogP) is 1.82. The van der Waals surface area contributed by atoms with Crippen LogP contribution in [0.3, 0.4) is 0 Å². The summed E-state index contributed by atoms with van der Waals surface area (Å²) in [7, 11) is 3.61. The third-order valence-corrected chi connectivity index (χ3v) is 5.51. The topological polar surface area (TPSA) is 50.6 Å². The van der Waals surface area contributed by atoms with Gasteiger partial charge in [0, 0.05) is 33.4 Å². The molecule has 0 atom stereocenters. The number of aromatic nitrogens is 2.